The third-order valence-corrected chi connectivity index (χ3v) is 13.7. The van der Waals surface area contributed by atoms with Crippen LogP contribution in [0.4, 0.5) is 0 Å². The van der Waals surface area contributed by atoms with Crippen molar-refractivity contribution in [3.05, 3.63) is 0 Å². The van der Waals surface area contributed by atoms with Crippen LogP contribution in [0, 0.1) is 56.2 Å². The van der Waals surface area contributed by atoms with Gasteiger partial charge in [0.15, 0.2) is 0 Å². The van der Waals surface area contributed by atoms with Crippen LogP contribution in [0.2, 0.25) is 0 Å². The van der Waals surface area contributed by atoms with Crippen LogP contribution in [0.5, 0.6) is 0 Å². The average Bonchev–Trinajstić information content (AvgIpc) is 2.70. The maximum atomic E-state index is 12.7. The summed E-state index contributed by atoms with van der Waals surface area (Å²) in [7, 11) is 0. The molecule has 0 bridgehead atoms. The molecule has 0 amide bonds. The maximum Gasteiger partial charge on any atom is 0.136 e. The molecular weight excluding hydrogens is 392 g/mol. The topological polar surface area (TPSA) is 37.3 Å². The zero-order valence-electron chi connectivity index (χ0n) is 22.3. The number of hydrogen-bond acceptors (Lipinski definition) is 2. The molecule has 0 aliphatic heterocycles. The van der Waals surface area contributed by atoms with Gasteiger partial charge in [-0.25, -0.2) is 0 Å². The van der Waals surface area contributed by atoms with Crippen LogP contribution >= 0.6 is 0 Å². The number of carbonyl (C=O) groups excluding carboxylic acids is 1. The molecule has 0 aromatic rings. The Hall–Kier alpha value is -0.370. The highest BCUT2D eigenvalue weighted by Crippen LogP contribution is 2.78. The fourth-order valence-electron chi connectivity index (χ4n) is 11.3. The monoisotopic (exact) mass is 442 g/mol. The first kappa shape index (κ1) is 23.4. The molecular formula is C30H50O2. The predicted molar refractivity (Wildman–Crippen MR) is 131 cm³/mol. The molecule has 32 heavy (non-hydrogen) atoms. The van der Waals surface area contributed by atoms with Gasteiger partial charge in [-0.3, -0.25) is 4.79 Å². The molecule has 5 rings (SSSR count). The van der Waals surface area contributed by atoms with Crippen molar-refractivity contribution in [3.63, 3.8) is 0 Å². The lowest BCUT2D eigenvalue weighted by Gasteiger charge is -2.75. The molecule has 2 nitrogen and oxygen atoms in total. The summed E-state index contributed by atoms with van der Waals surface area (Å²) in [5, 5.41) is 12.2. The Labute approximate surface area is 197 Å². The summed E-state index contributed by atoms with van der Waals surface area (Å²) in [5.74, 6) is 2.49. The minimum absolute atomic E-state index is 0.00822. The number of ketones is 1. The quantitative estimate of drug-likeness (QED) is 0.423. The second kappa shape index (κ2) is 6.64. The van der Waals surface area contributed by atoms with Gasteiger partial charge in [0, 0.05) is 17.8 Å². The van der Waals surface area contributed by atoms with Crippen molar-refractivity contribution in [2.24, 2.45) is 56.2 Å². The van der Waals surface area contributed by atoms with Crippen molar-refractivity contribution in [2.45, 2.75) is 126 Å². The molecule has 5 aliphatic carbocycles. The molecule has 0 spiro atoms. The number of hydrogen-bond donors (Lipinski definition) is 1. The van der Waals surface area contributed by atoms with Gasteiger partial charge < -0.3 is 5.11 Å². The van der Waals surface area contributed by atoms with E-state index >= 15 is 0 Å². The summed E-state index contributed by atoms with van der Waals surface area (Å²) in [6.07, 6.45) is 11.5. The molecule has 5 aliphatic rings. The van der Waals surface area contributed by atoms with Gasteiger partial charge in [0.2, 0.25) is 0 Å². The number of carbonyl (C=O) groups is 1. The summed E-state index contributed by atoms with van der Waals surface area (Å²) >= 11 is 0. The van der Waals surface area contributed by atoms with Crippen LogP contribution in [0.15, 0.2) is 0 Å². The number of aliphatic hydroxyl groups is 1. The van der Waals surface area contributed by atoms with Gasteiger partial charge in [-0.05, 0) is 103 Å². The molecule has 10 atom stereocenters. The van der Waals surface area contributed by atoms with Gasteiger partial charge >= 0.3 is 0 Å². The second-order valence-electron chi connectivity index (χ2n) is 15.4. The molecule has 0 radical (unpaired) electrons. The molecule has 5 saturated carbocycles. The van der Waals surface area contributed by atoms with E-state index in [-0.39, 0.29) is 33.7 Å². The van der Waals surface area contributed by atoms with Crippen LogP contribution in [-0.4, -0.2) is 17.0 Å². The van der Waals surface area contributed by atoms with E-state index in [0.717, 1.165) is 19.3 Å². The van der Waals surface area contributed by atoms with E-state index < -0.39 is 0 Å². The zero-order valence-corrected chi connectivity index (χ0v) is 22.3. The normalized spacial score (nSPS) is 59.4. The van der Waals surface area contributed by atoms with Crippen molar-refractivity contribution < 1.29 is 9.90 Å². The molecule has 2 heteroatoms. The van der Waals surface area contributed by atoms with Crippen molar-refractivity contribution >= 4 is 5.78 Å². The highest BCUT2D eigenvalue weighted by Gasteiger charge is 2.73. The maximum absolute atomic E-state index is 12.7. The Morgan fingerprint density at radius 3 is 2.09 bits per heavy atom. The van der Waals surface area contributed by atoms with Crippen LogP contribution in [0.25, 0.3) is 0 Å². The molecule has 0 saturated heterocycles. The largest absolute Gasteiger partial charge is 0.393 e. The number of fused-ring (bicyclic) bond motifs is 7. The number of aliphatic hydroxyl groups excluding tert-OH is 1. The van der Waals surface area contributed by atoms with E-state index in [4.69, 9.17) is 0 Å². The van der Waals surface area contributed by atoms with Crippen LogP contribution < -0.4 is 0 Å². The lowest BCUT2D eigenvalue weighted by Crippen LogP contribution is -2.71. The Bertz CT molecular complexity index is 816. The van der Waals surface area contributed by atoms with Crippen molar-refractivity contribution in [2.75, 3.05) is 0 Å². The molecule has 0 heterocycles. The average molecular weight is 443 g/mol. The van der Waals surface area contributed by atoms with Crippen LogP contribution in [0.1, 0.15) is 120 Å². The number of Topliss-reactive ketones (excluding diaryl/α,β-unsaturated/α-hetero) is 1. The summed E-state index contributed by atoms with van der Waals surface area (Å²) < 4.78 is 0. The van der Waals surface area contributed by atoms with Crippen LogP contribution in [-0.2, 0) is 4.79 Å². The minimum Gasteiger partial charge on any atom is -0.393 e. The smallest absolute Gasteiger partial charge is 0.136 e. The van der Waals surface area contributed by atoms with Crippen LogP contribution in [0.3, 0.4) is 0 Å². The highest BCUT2D eigenvalue weighted by atomic mass is 16.3. The first-order valence-electron chi connectivity index (χ1n) is 13.8. The summed E-state index contributed by atoms with van der Waals surface area (Å²) in [4.78, 5) is 12.7. The Balaban J connectivity index is 1.59. The lowest BCUT2D eigenvalue weighted by molar-refractivity contribution is -0.292. The lowest BCUT2D eigenvalue weighted by atomic mass is 9.29. The summed E-state index contributed by atoms with van der Waals surface area (Å²) in [5.41, 5.74) is 1.20. The minimum atomic E-state index is -0.234. The Morgan fingerprint density at radius 2 is 1.41 bits per heavy atom. The van der Waals surface area contributed by atoms with Crippen molar-refractivity contribution in [1.29, 1.82) is 0 Å². The van der Waals surface area contributed by atoms with E-state index in [0.29, 0.717) is 34.4 Å². The molecule has 5 fully saturated rings. The zero-order chi connectivity index (χ0) is 23.5. The molecule has 182 valence electrons. The van der Waals surface area contributed by atoms with Crippen molar-refractivity contribution in [3.8, 4) is 0 Å². The van der Waals surface area contributed by atoms with Crippen molar-refractivity contribution in [1.82, 2.24) is 0 Å². The predicted octanol–water partition coefficient (Wildman–Crippen LogP) is 7.43. The molecule has 0 aromatic heterocycles. The summed E-state index contributed by atoms with van der Waals surface area (Å²) in [6.45, 7) is 19.8. The molecule has 1 N–H and O–H groups in total. The van der Waals surface area contributed by atoms with E-state index in [1.807, 2.05) is 0 Å². The molecule has 0 unspecified atom stereocenters. The highest BCUT2D eigenvalue weighted by molar-refractivity contribution is 5.82. The van der Waals surface area contributed by atoms with E-state index in [2.05, 4.69) is 55.4 Å². The SMILES string of the molecule is C[C@H]1C(=O)CC[C@@H]2[C@]1(C)CC[C@H]1[C@@]2(C)C[C@H](O)[C@@]2(C)[C@H]3CC(C)(C)CC[C@]3(C)CC[C@]12C. The third-order valence-electron chi connectivity index (χ3n) is 13.7. The Morgan fingerprint density at radius 1 is 0.750 bits per heavy atom. The summed E-state index contributed by atoms with van der Waals surface area (Å²) in [6, 6.07) is 0. The Kier molecular flexibility index (Phi) is 4.85. The van der Waals surface area contributed by atoms with Gasteiger partial charge in [-0.2, -0.15) is 0 Å². The standard InChI is InChI=1S/C30H50O2/c1-19-20(31)9-10-21-27(19,5)12-11-22-28(21,6)18-24(32)30(8)23-17-25(2,3)13-14-26(23,4)15-16-29(22,30)7/h19,21-24,32H,9-18H2,1-8H3/t19-,21+,22-,23-,24-,26+,27+,28-,29+,30+/m0/s1. The fourth-order valence-corrected chi connectivity index (χ4v) is 11.3. The third kappa shape index (κ3) is 2.66. The van der Waals surface area contributed by atoms with Gasteiger partial charge in [-0.1, -0.05) is 55.4 Å². The van der Waals surface area contributed by atoms with Gasteiger partial charge in [0.25, 0.3) is 0 Å². The molecule has 0 aromatic carbocycles. The van der Waals surface area contributed by atoms with Gasteiger partial charge in [-0.15, -0.1) is 0 Å². The first-order chi connectivity index (χ1) is 14.6. The second-order valence-corrected chi connectivity index (χ2v) is 15.4. The van der Waals surface area contributed by atoms with Gasteiger partial charge in [0.05, 0.1) is 6.10 Å². The van der Waals surface area contributed by atoms with E-state index in [1.54, 1.807) is 0 Å². The fraction of sp³-hybridized carbons (Fsp3) is 0.967. The number of rotatable bonds is 0. The van der Waals surface area contributed by atoms with E-state index in [9.17, 15) is 9.90 Å². The van der Waals surface area contributed by atoms with E-state index in [1.165, 1.54) is 44.9 Å². The first-order valence-corrected chi connectivity index (χ1v) is 13.8. The van der Waals surface area contributed by atoms with Gasteiger partial charge in [0.1, 0.15) is 5.78 Å².